The van der Waals surface area contributed by atoms with Gasteiger partial charge in [0.25, 0.3) is 0 Å². The number of hydrogen-bond acceptors (Lipinski definition) is 2. The van der Waals surface area contributed by atoms with Crippen LogP contribution in [0.4, 0.5) is 0 Å². The highest BCUT2D eigenvalue weighted by atomic mass is 16.4. The number of aliphatic carboxylic acids is 1. The largest absolute Gasteiger partial charge is 0.481 e. The molecule has 1 aromatic rings. The average Bonchev–Trinajstić information content (AvgIpc) is 2.19. The Labute approximate surface area is 101 Å². The monoisotopic (exact) mass is 235 g/mol. The summed E-state index contributed by atoms with van der Waals surface area (Å²) in [6, 6.07) is 5.23. The van der Waals surface area contributed by atoms with Gasteiger partial charge >= 0.3 is 5.97 Å². The quantitative estimate of drug-likeness (QED) is 0.838. The van der Waals surface area contributed by atoms with Crippen molar-refractivity contribution in [3.8, 4) is 0 Å². The second-order valence-electron chi connectivity index (χ2n) is 4.19. The molecule has 0 spiro atoms. The van der Waals surface area contributed by atoms with E-state index >= 15 is 0 Å². The Morgan fingerprint density at radius 1 is 1.29 bits per heavy atom. The number of nitrogens with one attached hydrogen (secondary N) is 1. The molecule has 4 heteroatoms. The van der Waals surface area contributed by atoms with Gasteiger partial charge < -0.3 is 10.4 Å². The Morgan fingerprint density at radius 3 is 2.41 bits per heavy atom. The van der Waals surface area contributed by atoms with Gasteiger partial charge in [0, 0.05) is 6.92 Å². The van der Waals surface area contributed by atoms with Crippen LogP contribution in [0.15, 0.2) is 18.2 Å². The van der Waals surface area contributed by atoms with Gasteiger partial charge in [-0.2, -0.15) is 0 Å². The molecule has 1 rings (SSSR count). The normalized spacial score (nSPS) is 11.9. The lowest BCUT2D eigenvalue weighted by Gasteiger charge is -2.17. The first-order valence-corrected chi connectivity index (χ1v) is 5.46. The van der Waals surface area contributed by atoms with Crippen LogP contribution in [-0.4, -0.2) is 17.0 Å². The number of aryl methyl sites for hydroxylation is 2. The molecule has 0 heterocycles. The van der Waals surface area contributed by atoms with Crippen molar-refractivity contribution in [2.45, 2.75) is 33.2 Å². The Bertz CT molecular complexity index is 424. The van der Waals surface area contributed by atoms with Crippen molar-refractivity contribution in [2.24, 2.45) is 0 Å². The molecule has 1 aromatic carbocycles. The second-order valence-corrected chi connectivity index (χ2v) is 4.19. The number of carboxylic acids is 1. The highest BCUT2D eigenvalue weighted by Crippen LogP contribution is 2.20. The van der Waals surface area contributed by atoms with Gasteiger partial charge in [0.05, 0.1) is 12.5 Å². The Kier molecular flexibility index (Phi) is 4.26. The van der Waals surface area contributed by atoms with Crippen LogP contribution in [-0.2, 0) is 9.59 Å². The summed E-state index contributed by atoms with van der Waals surface area (Å²) < 4.78 is 0. The summed E-state index contributed by atoms with van der Waals surface area (Å²) in [5.41, 5.74) is 3.06. The third-order valence-corrected chi connectivity index (χ3v) is 2.69. The zero-order valence-electron chi connectivity index (χ0n) is 10.3. The minimum atomic E-state index is -0.929. The van der Waals surface area contributed by atoms with E-state index in [9.17, 15) is 9.59 Å². The van der Waals surface area contributed by atoms with Crippen LogP contribution in [0.25, 0.3) is 0 Å². The third kappa shape index (κ3) is 3.90. The molecule has 0 saturated carbocycles. The number of carbonyl (C=O) groups is 2. The molecule has 92 valence electrons. The lowest BCUT2D eigenvalue weighted by molar-refractivity contribution is -0.137. The number of hydrogen-bond donors (Lipinski definition) is 2. The summed E-state index contributed by atoms with van der Waals surface area (Å²) in [6.45, 7) is 5.34. The maximum Gasteiger partial charge on any atom is 0.305 e. The van der Waals surface area contributed by atoms with Crippen LogP contribution in [0.2, 0.25) is 0 Å². The van der Waals surface area contributed by atoms with Gasteiger partial charge in [-0.15, -0.1) is 0 Å². The Morgan fingerprint density at radius 2 is 1.94 bits per heavy atom. The molecular formula is C13H17NO3. The van der Waals surface area contributed by atoms with Crippen LogP contribution in [0, 0.1) is 13.8 Å². The number of benzene rings is 1. The molecule has 1 amide bonds. The summed E-state index contributed by atoms with van der Waals surface area (Å²) in [7, 11) is 0. The summed E-state index contributed by atoms with van der Waals surface area (Å²) in [5.74, 6) is -1.16. The molecule has 0 aliphatic carbocycles. The van der Waals surface area contributed by atoms with Gasteiger partial charge in [0.15, 0.2) is 0 Å². The first kappa shape index (κ1) is 13.2. The molecule has 17 heavy (non-hydrogen) atoms. The molecule has 0 aliphatic heterocycles. The van der Waals surface area contributed by atoms with Gasteiger partial charge in [-0.3, -0.25) is 9.59 Å². The maximum absolute atomic E-state index is 11.1. The molecule has 1 unspecified atom stereocenters. The number of carbonyl (C=O) groups excluding carboxylic acids is 1. The second kappa shape index (κ2) is 5.48. The van der Waals surface area contributed by atoms with Crippen molar-refractivity contribution in [3.63, 3.8) is 0 Å². The van der Waals surface area contributed by atoms with E-state index in [-0.39, 0.29) is 12.3 Å². The van der Waals surface area contributed by atoms with E-state index < -0.39 is 12.0 Å². The van der Waals surface area contributed by atoms with Gasteiger partial charge in [-0.25, -0.2) is 0 Å². The first-order chi connectivity index (χ1) is 7.90. The van der Waals surface area contributed by atoms with Gasteiger partial charge in [-0.05, 0) is 30.5 Å². The van der Waals surface area contributed by atoms with Crippen molar-refractivity contribution in [1.82, 2.24) is 5.32 Å². The minimum absolute atomic E-state index is 0.109. The van der Waals surface area contributed by atoms with Crippen LogP contribution < -0.4 is 5.32 Å². The van der Waals surface area contributed by atoms with E-state index in [2.05, 4.69) is 5.32 Å². The lowest BCUT2D eigenvalue weighted by Crippen LogP contribution is -2.28. The van der Waals surface area contributed by atoms with Crippen molar-refractivity contribution in [1.29, 1.82) is 0 Å². The van der Waals surface area contributed by atoms with Gasteiger partial charge in [-0.1, -0.05) is 18.2 Å². The first-order valence-electron chi connectivity index (χ1n) is 5.46. The molecule has 0 bridgehead atoms. The van der Waals surface area contributed by atoms with E-state index in [1.165, 1.54) is 6.92 Å². The van der Waals surface area contributed by atoms with Crippen molar-refractivity contribution < 1.29 is 14.7 Å². The van der Waals surface area contributed by atoms with E-state index in [0.29, 0.717) is 0 Å². The van der Waals surface area contributed by atoms with Crippen molar-refractivity contribution in [2.75, 3.05) is 0 Å². The van der Waals surface area contributed by atoms with E-state index in [4.69, 9.17) is 5.11 Å². The van der Waals surface area contributed by atoms with Gasteiger partial charge in [0.1, 0.15) is 0 Å². The summed E-state index contributed by atoms with van der Waals surface area (Å²) in [6.07, 6.45) is -0.109. The average molecular weight is 235 g/mol. The molecule has 0 saturated heterocycles. The molecular weight excluding hydrogens is 218 g/mol. The zero-order valence-corrected chi connectivity index (χ0v) is 10.3. The molecule has 2 N–H and O–H groups in total. The lowest BCUT2D eigenvalue weighted by atomic mass is 9.99. The van der Waals surface area contributed by atoms with Crippen LogP contribution in [0.1, 0.15) is 36.1 Å². The van der Waals surface area contributed by atoms with Crippen LogP contribution in [0.5, 0.6) is 0 Å². The fraction of sp³-hybridized carbons (Fsp3) is 0.385. The molecule has 0 aliphatic rings. The number of amides is 1. The van der Waals surface area contributed by atoms with E-state index in [0.717, 1.165) is 16.7 Å². The molecule has 4 nitrogen and oxygen atoms in total. The fourth-order valence-corrected chi connectivity index (χ4v) is 1.65. The molecule has 0 aromatic heterocycles. The van der Waals surface area contributed by atoms with E-state index in [1.807, 2.05) is 32.0 Å². The third-order valence-electron chi connectivity index (χ3n) is 2.69. The Hall–Kier alpha value is -1.84. The predicted octanol–water partition coefficient (Wildman–Crippen LogP) is 1.96. The fourth-order valence-electron chi connectivity index (χ4n) is 1.65. The molecule has 0 radical (unpaired) electrons. The smallest absolute Gasteiger partial charge is 0.305 e. The van der Waals surface area contributed by atoms with Crippen LogP contribution in [0.3, 0.4) is 0 Å². The molecule has 1 atom stereocenters. The van der Waals surface area contributed by atoms with Crippen molar-refractivity contribution >= 4 is 11.9 Å². The zero-order chi connectivity index (χ0) is 13.0. The highest BCUT2D eigenvalue weighted by Gasteiger charge is 2.16. The topological polar surface area (TPSA) is 66.4 Å². The minimum Gasteiger partial charge on any atom is -0.481 e. The number of carboxylic acid groups (broad SMARTS) is 1. The SMILES string of the molecule is CC(=O)NC(CC(=O)O)c1ccc(C)c(C)c1. The summed E-state index contributed by atoms with van der Waals surface area (Å²) >= 11 is 0. The summed E-state index contributed by atoms with van der Waals surface area (Å²) in [4.78, 5) is 21.8. The van der Waals surface area contributed by atoms with Crippen molar-refractivity contribution in [3.05, 3.63) is 34.9 Å². The Balaban J connectivity index is 2.98. The standard InChI is InChI=1S/C13H17NO3/c1-8-4-5-11(6-9(8)2)12(7-13(16)17)14-10(3)15/h4-6,12H,7H2,1-3H3,(H,14,15)(H,16,17). The van der Waals surface area contributed by atoms with Crippen LogP contribution >= 0.6 is 0 Å². The summed E-state index contributed by atoms with van der Waals surface area (Å²) in [5, 5.41) is 11.5. The molecule has 0 fully saturated rings. The van der Waals surface area contributed by atoms with E-state index in [1.54, 1.807) is 0 Å². The van der Waals surface area contributed by atoms with Gasteiger partial charge in [0.2, 0.25) is 5.91 Å². The highest BCUT2D eigenvalue weighted by molar-refractivity contribution is 5.75. The number of rotatable bonds is 4. The predicted molar refractivity (Wildman–Crippen MR) is 64.7 cm³/mol. The maximum atomic E-state index is 11.1.